The van der Waals surface area contributed by atoms with Crippen molar-refractivity contribution in [3.63, 3.8) is 0 Å². The van der Waals surface area contributed by atoms with E-state index in [0.717, 1.165) is 10.2 Å². The van der Waals surface area contributed by atoms with Crippen LogP contribution in [0.3, 0.4) is 0 Å². The van der Waals surface area contributed by atoms with Crippen LogP contribution in [-0.4, -0.2) is 79.7 Å². The van der Waals surface area contributed by atoms with Crippen LogP contribution in [-0.2, 0) is 14.4 Å². The monoisotopic (exact) mass is 528 g/mol. The zero-order chi connectivity index (χ0) is 24.2. The van der Waals surface area contributed by atoms with Gasteiger partial charge in [0.25, 0.3) is 11.8 Å². The van der Waals surface area contributed by atoms with E-state index in [1.54, 1.807) is 48.3 Å². The highest BCUT2D eigenvalue weighted by atomic mass is 79.9. The minimum Gasteiger partial charge on any atom is -0.484 e. The van der Waals surface area contributed by atoms with E-state index in [4.69, 9.17) is 4.74 Å². The lowest BCUT2D eigenvalue weighted by Crippen LogP contribution is -2.57. The molecule has 2 aliphatic rings. The summed E-state index contributed by atoms with van der Waals surface area (Å²) in [5, 5.41) is 3.00. The first kappa shape index (κ1) is 23.7. The van der Waals surface area contributed by atoms with Crippen molar-refractivity contribution < 1.29 is 23.9 Å². The van der Waals surface area contributed by atoms with Crippen LogP contribution < -0.4 is 15.0 Å². The van der Waals surface area contributed by atoms with Crippen molar-refractivity contribution in [2.24, 2.45) is 0 Å². The Labute approximate surface area is 205 Å². The Bertz CT molecular complexity index is 1110. The van der Waals surface area contributed by atoms with E-state index in [-0.39, 0.29) is 37.4 Å². The molecule has 9 nitrogen and oxygen atoms in total. The summed E-state index contributed by atoms with van der Waals surface area (Å²) < 4.78 is 6.37. The van der Waals surface area contributed by atoms with E-state index in [2.05, 4.69) is 21.2 Å². The summed E-state index contributed by atoms with van der Waals surface area (Å²) in [6, 6.07) is 11.6. The fourth-order valence-electron chi connectivity index (χ4n) is 4.02. The van der Waals surface area contributed by atoms with Gasteiger partial charge in [-0.05, 0) is 42.5 Å². The molecule has 2 saturated heterocycles. The Kier molecular flexibility index (Phi) is 7.16. The summed E-state index contributed by atoms with van der Waals surface area (Å²) in [7, 11) is 1.73. The molecular formula is C24H25BrN4O5. The third-order valence-electron chi connectivity index (χ3n) is 6.03. The lowest BCUT2D eigenvalue weighted by Gasteiger charge is -2.39. The van der Waals surface area contributed by atoms with Crippen LogP contribution in [0, 0.1) is 0 Å². The molecule has 1 atom stereocenters. The lowest BCUT2D eigenvalue weighted by atomic mass is 10.1. The number of benzene rings is 2. The van der Waals surface area contributed by atoms with Crippen LogP contribution in [0.15, 0.2) is 46.9 Å². The van der Waals surface area contributed by atoms with Crippen LogP contribution in [0.5, 0.6) is 5.75 Å². The molecule has 4 rings (SSSR count). The number of hydrogen-bond acceptors (Lipinski definition) is 6. The quantitative estimate of drug-likeness (QED) is 0.436. The second-order valence-electron chi connectivity index (χ2n) is 8.06. The Morgan fingerprint density at radius 1 is 1.15 bits per heavy atom. The van der Waals surface area contributed by atoms with Gasteiger partial charge in [0.15, 0.2) is 6.61 Å². The van der Waals surface area contributed by atoms with Gasteiger partial charge in [-0.3, -0.25) is 14.4 Å². The number of β-lactam (4-membered cyclic amide) rings is 1. The third kappa shape index (κ3) is 4.91. The normalized spacial score (nSPS) is 17.8. The van der Waals surface area contributed by atoms with Gasteiger partial charge in [0.1, 0.15) is 18.1 Å². The summed E-state index contributed by atoms with van der Waals surface area (Å²) in [5.74, 6) is 0.0690. The van der Waals surface area contributed by atoms with E-state index in [9.17, 15) is 19.2 Å². The molecular weight excluding hydrogens is 504 g/mol. The zero-order valence-electron chi connectivity index (χ0n) is 18.7. The zero-order valence-corrected chi connectivity index (χ0v) is 20.3. The number of aldehydes is 1. The van der Waals surface area contributed by atoms with Crippen LogP contribution in [0.1, 0.15) is 16.8 Å². The SMILES string of the molecule is CNc1ccc(Br)cc1C(=O)N1CCN(C(=O)COc2ccc(N3CCC3=O)cc2)CC1C=O. The Hall–Kier alpha value is -3.40. The van der Waals surface area contributed by atoms with Gasteiger partial charge < -0.3 is 29.5 Å². The topological polar surface area (TPSA) is 99.3 Å². The highest BCUT2D eigenvalue weighted by molar-refractivity contribution is 9.10. The molecule has 3 amide bonds. The van der Waals surface area contributed by atoms with E-state index in [0.29, 0.717) is 42.8 Å². The fourth-order valence-corrected chi connectivity index (χ4v) is 4.38. The summed E-state index contributed by atoms with van der Waals surface area (Å²) in [4.78, 5) is 53.9. The molecule has 2 heterocycles. The van der Waals surface area contributed by atoms with Gasteiger partial charge >= 0.3 is 0 Å². The van der Waals surface area contributed by atoms with Crippen molar-refractivity contribution in [1.82, 2.24) is 9.80 Å². The van der Waals surface area contributed by atoms with Crippen molar-refractivity contribution in [1.29, 1.82) is 0 Å². The van der Waals surface area contributed by atoms with E-state index in [1.807, 2.05) is 6.07 Å². The molecule has 10 heteroatoms. The molecule has 2 aliphatic heterocycles. The second kappa shape index (κ2) is 10.3. The van der Waals surface area contributed by atoms with Crippen molar-refractivity contribution in [3.05, 3.63) is 52.5 Å². The number of nitrogens with zero attached hydrogens (tertiary/aromatic N) is 3. The molecule has 0 aromatic heterocycles. The summed E-state index contributed by atoms with van der Waals surface area (Å²) in [5.41, 5.74) is 1.92. The molecule has 178 valence electrons. The fraction of sp³-hybridized carbons (Fsp3) is 0.333. The van der Waals surface area contributed by atoms with E-state index < -0.39 is 6.04 Å². The molecule has 1 N–H and O–H groups in total. The number of carbonyl (C=O) groups is 4. The Morgan fingerprint density at radius 2 is 1.91 bits per heavy atom. The summed E-state index contributed by atoms with van der Waals surface area (Å²) in [6.07, 6.45) is 1.26. The molecule has 0 aliphatic carbocycles. The predicted octanol–water partition coefficient (Wildman–Crippen LogP) is 2.16. The minimum absolute atomic E-state index is 0.0910. The molecule has 2 aromatic rings. The number of anilines is 2. The number of hydrogen-bond donors (Lipinski definition) is 1. The second-order valence-corrected chi connectivity index (χ2v) is 8.98. The van der Waals surface area contributed by atoms with Crippen molar-refractivity contribution in [2.75, 3.05) is 50.1 Å². The van der Waals surface area contributed by atoms with Crippen LogP contribution >= 0.6 is 15.9 Å². The molecule has 0 bridgehead atoms. The highest BCUT2D eigenvalue weighted by Gasteiger charge is 2.33. The average Bonchev–Trinajstić information content (AvgIpc) is 2.86. The van der Waals surface area contributed by atoms with Gasteiger partial charge in [0.05, 0.1) is 5.56 Å². The van der Waals surface area contributed by atoms with Gasteiger partial charge in [-0.1, -0.05) is 15.9 Å². The summed E-state index contributed by atoms with van der Waals surface area (Å²) in [6.45, 7) is 1.18. The molecule has 34 heavy (non-hydrogen) atoms. The first-order valence-corrected chi connectivity index (χ1v) is 11.7. The largest absolute Gasteiger partial charge is 0.484 e. The standard InChI is InChI=1S/C24H25BrN4O5/c1-26-21-7-2-16(25)12-20(21)24(33)29-11-10-27(13-18(29)14-30)23(32)15-34-19-5-3-17(4-6-19)28-9-8-22(28)31/h2-7,12,14,18,26H,8-11,13,15H2,1H3. The third-order valence-corrected chi connectivity index (χ3v) is 6.52. The van der Waals surface area contributed by atoms with Crippen LogP contribution in [0.25, 0.3) is 0 Å². The first-order chi connectivity index (χ1) is 16.4. The van der Waals surface area contributed by atoms with Gasteiger partial charge in [-0.25, -0.2) is 0 Å². The number of piperazine rings is 1. The first-order valence-electron chi connectivity index (χ1n) is 11.0. The summed E-state index contributed by atoms with van der Waals surface area (Å²) >= 11 is 3.38. The molecule has 2 fully saturated rings. The Balaban J connectivity index is 1.35. The van der Waals surface area contributed by atoms with Crippen molar-refractivity contribution in [3.8, 4) is 5.75 Å². The Morgan fingerprint density at radius 3 is 2.53 bits per heavy atom. The molecule has 1 unspecified atom stereocenters. The average molecular weight is 529 g/mol. The maximum atomic E-state index is 13.2. The maximum absolute atomic E-state index is 13.2. The van der Waals surface area contributed by atoms with Crippen molar-refractivity contribution >= 4 is 51.3 Å². The van der Waals surface area contributed by atoms with Gasteiger partial charge in [0, 0.05) is 55.5 Å². The number of rotatable bonds is 7. The smallest absolute Gasteiger partial charge is 0.260 e. The van der Waals surface area contributed by atoms with Gasteiger partial charge in [0.2, 0.25) is 5.91 Å². The molecule has 0 saturated carbocycles. The maximum Gasteiger partial charge on any atom is 0.260 e. The number of halogens is 1. The molecule has 0 radical (unpaired) electrons. The molecule has 0 spiro atoms. The number of carbonyl (C=O) groups excluding carboxylic acids is 4. The number of ether oxygens (including phenoxy) is 1. The van der Waals surface area contributed by atoms with Crippen LogP contribution in [0.2, 0.25) is 0 Å². The van der Waals surface area contributed by atoms with E-state index >= 15 is 0 Å². The highest BCUT2D eigenvalue weighted by Crippen LogP contribution is 2.25. The predicted molar refractivity (Wildman–Crippen MR) is 130 cm³/mol. The minimum atomic E-state index is -0.748. The van der Waals surface area contributed by atoms with Crippen molar-refractivity contribution in [2.45, 2.75) is 12.5 Å². The lowest BCUT2D eigenvalue weighted by molar-refractivity contribution is -0.136. The van der Waals surface area contributed by atoms with Crippen LogP contribution in [0.4, 0.5) is 11.4 Å². The van der Waals surface area contributed by atoms with E-state index in [1.165, 1.54) is 9.80 Å². The number of nitrogens with one attached hydrogen (secondary N) is 1. The molecule has 2 aromatic carbocycles. The number of amides is 3. The van der Waals surface area contributed by atoms with Gasteiger partial charge in [-0.15, -0.1) is 0 Å². The van der Waals surface area contributed by atoms with Gasteiger partial charge in [-0.2, -0.15) is 0 Å².